The molecule has 1 aliphatic heterocycles. The Kier molecular flexibility index (Phi) is 5.08. The molecule has 0 aromatic heterocycles. The molecule has 19 heavy (non-hydrogen) atoms. The van der Waals surface area contributed by atoms with Gasteiger partial charge in [-0.25, -0.2) is 0 Å². The van der Waals surface area contributed by atoms with Crippen LogP contribution in [0.25, 0.3) is 0 Å². The van der Waals surface area contributed by atoms with E-state index in [2.05, 4.69) is 19.2 Å². The Morgan fingerprint density at radius 1 is 1.47 bits per heavy atom. The van der Waals surface area contributed by atoms with E-state index in [1.165, 1.54) is 11.1 Å². The van der Waals surface area contributed by atoms with Gasteiger partial charge in [0.25, 0.3) is 0 Å². The van der Waals surface area contributed by atoms with Crippen LogP contribution in [0, 0.1) is 0 Å². The van der Waals surface area contributed by atoms with Gasteiger partial charge in [0.05, 0.1) is 12.7 Å². The Balaban J connectivity index is 2.21. The second-order valence-electron chi connectivity index (χ2n) is 4.96. The van der Waals surface area contributed by atoms with Crippen LogP contribution < -0.4 is 10.1 Å². The molecular weight excluding hydrogens is 262 g/mol. The number of hydrogen-bond acceptors (Lipinski definition) is 3. The van der Waals surface area contributed by atoms with Crippen LogP contribution in [0.15, 0.2) is 12.1 Å². The van der Waals surface area contributed by atoms with Crippen molar-refractivity contribution in [1.29, 1.82) is 0 Å². The van der Waals surface area contributed by atoms with Gasteiger partial charge in [0.2, 0.25) is 0 Å². The maximum absolute atomic E-state index is 6.20. The molecule has 1 aromatic rings. The summed E-state index contributed by atoms with van der Waals surface area (Å²) >= 11 is 6.20. The lowest BCUT2D eigenvalue weighted by atomic mass is 9.98. The zero-order chi connectivity index (χ0) is 13.8. The van der Waals surface area contributed by atoms with Gasteiger partial charge < -0.3 is 14.8 Å². The molecule has 0 radical (unpaired) electrons. The molecule has 2 atom stereocenters. The average Bonchev–Trinajstić information content (AvgIpc) is 2.85. The molecule has 0 spiro atoms. The third-order valence-electron chi connectivity index (χ3n) is 3.67. The van der Waals surface area contributed by atoms with Crippen molar-refractivity contribution in [2.24, 2.45) is 0 Å². The summed E-state index contributed by atoms with van der Waals surface area (Å²) in [5.41, 5.74) is 2.40. The van der Waals surface area contributed by atoms with Gasteiger partial charge in [-0.3, -0.25) is 0 Å². The molecule has 0 aliphatic carbocycles. The van der Waals surface area contributed by atoms with Crippen molar-refractivity contribution in [1.82, 2.24) is 5.32 Å². The van der Waals surface area contributed by atoms with E-state index in [0.29, 0.717) is 0 Å². The van der Waals surface area contributed by atoms with Crippen LogP contribution in [-0.2, 0) is 17.6 Å². The topological polar surface area (TPSA) is 30.5 Å². The lowest BCUT2D eigenvalue weighted by Crippen LogP contribution is -2.41. The largest absolute Gasteiger partial charge is 0.493 e. The predicted molar refractivity (Wildman–Crippen MR) is 78.3 cm³/mol. The van der Waals surface area contributed by atoms with Crippen molar-refractivity contribution in [2.75, 3.05) is 20.3 Å². The molecule has 0 fully saturated rings. The number of ether oxygens (including phenoxy) is 2. The predicted octanol–water partition coefficient (Wildman–Crippen LogP) is 2.83. The molecule has 1 aliphatic rings. The lowest BCUT2D eigenvalue weighted by Gasteiger charge is -2.24. The van der Waals surface area contributed by atoms with Gasteiger partial charge in [-0.1, -0.05) is 18.5 Å². The monoisotopic (exact) mass is 283 g/mol. The third-order valence-corrected chi connectivity index (χ3v) is 3.89. The first-order valence-corrected chi connectivity index (χ1v) is 7.23. The molecule has 2 rings (SSSR count). The number of halogens is 1. The SMILES string of the molecule is CCNC(Cc1cc(Cl)cc2c1OCC2)C(C)OC. The molecule has 2 unspecified atom stereocenters. The second kappa shape index (κ2) is 6.60. The molecule has 3 nitrogen and oxygen atoms in total. The minimum Gasteiger partial charge on any atom is -0.493 e. The van der Waals surface area contributed by atoms with Gasteiger partial charge in [-0.2, -0.15) is 0 Å². The Bertz CT molecular complexity index is 436. The smallest absolute Gasteiger partial charge is 0.125 e. The molecule has 106 valence electrons. The van der Waals surface area contributed by atoms with E-state index in [9.17, 15) is 0 Å². The summed E-state index contributed by atoms with van der Waals surface area (Å²) in [4.78, 5) is 0. The minimum atomic E-state index is 0.149. The summed E-state index contributed by atoms with van der Waals surface area (Å²) in [5, 5.41) is 4.26. The highest BCUT2D eigenvalue weighted by atomic mass is 35.5. The maximum Gasteiger partial charge on any atom is 0.125 e. The number of benzene rings is 1. The second-order valence-corrected chi connectivity index (χ2v) is 5.40. The number of methoxy groups -OCH3 is 1. The highest BCUT2D eigenvalue weighted by molar-refractivity contribution is 6.30. The van der Waals surface area contributed by atoms with Crippen LogP contribution >= 0.6 is 11.6 Å². The first kappa shape index (κ1) is 14.6. The van der Waals surface area contributed by atoms with E-state index in [0.717, 1.165) is 36.8 Å². The number of fused-ring (bicyclic) bond motifs is 1. The standard InChI is InChI=1S/C15H22ClNO2/c1-4-17-14(10(2)18-3)9-12-8-13(16)7-11-5-6-19-15(11)12/h7-8,10,14,17H,4-6,9H2,1-3H3. The van der Waals surface area contributed by atoms with Crippen molar-refractivity contribution < 1.29 is 9.47 Å². The fourth-order valence-electron chi connectivity index (χ4n) is 2.57. The Morgan fingerprint density at radius 2 is 2.26 bits per heavy atom. The first-order valence-electron chi connectivity index (χ1n) is 6.86. The van der Waals surface area contributed by atoms with Crippen LogP contribution in [-0.4, -0.2) is 32.4 Å². The summed E-state index contributed by atoms with van der Waals surface area (Å²) in [6.07, 6.45) is 1.97. The molecule has 4 heteroatoms. The highest BCUT2D eigenvalue weighted by Crippen LogP contribution is 2.33. The Morgan fingerprint density at radius 3 is 2.95 bits per heavy atom. The van der Waals surface area contributed by atoms with Gasteiger partial charge in [-0.05, 0) is 43.1 Å². The van der Waals surface area contributed by atoms with Crippen LogP contribution in [0.2, 0.25) is 5.02 Å². The third kappa shape index (κ3) is 3.41. The van der Waals surface area contributed by atoms with Crippen molar-refractivity contribution in [3.8, 4) is 5.75 Å². The number of likely N-dealkylation sites (N-methyl/N-ethyl adjacent to an activating group) is 1. The van der Waals surface area contributed by atoms with E-state index in [-0.39, 0.29) is 12.1 Å². The van der Waals surface area contributed by atoms with E-state index < -0.39 is 0 Å². The van der Waals surface area contributed by atoms with Gasteiger partial charge in [0, 0.05) is 24.6 Å². The number of rotatable bonds is 6. The molecule has 0 saturated heterocycles. The van der Waals surface area contributed by atoms with Crippen LogP contribution in [0.1, 0.15) is 25.0 Å². The zero-order valence-electron chi connectivity index (χ0n) is 11.8. The Labute approximate surface area is 120 Å². The van der Waals surface area contributed by atoms with Crippen molar-refractivity contribution in [3.63, 3.8) is 0 Å². The minimum absolute atomic E-state index is 0.149. The molecule has 1 N–H and O–H groups in total. The molecule has 1 aromatic carbocycles. The summed E-state index contributed by atoms with van der Waals surface area (Å²) in [5.74, 6) is 1.02. The molecule has 0 saturated carbocycles. The quantitative estimate of drug-likeness (QED) is 0.871. The number of nitrogens with one attached hydrogen (secondary N) is 1. The maximum atomic E-state index is 6.20. The van der Waals surface area contributed by atoms with E-state index in [1.807, 2.05) is 12.1 Å². The Hall–Kier alpha value is -0.770. The zero-order valence-corrected chi connectivity index (χ0v) is 12.6. The van der Waals surface area contributed by atoms with Gasteiger partial charge in [0.1, 0.15) is 5.75 Å². The van der Waals surface area contributed by atoms with E-state index >= 15 is 0 Å². The highest BCUT2D eigenvalue weighted by Gasteiger charge is 2.22. The van der Waals surface area contributed by atoms with Crippen LogP contribution in [0.4, 0.5) is 0 Å². The lowest BCUT2D eigenvalue weighted by molar-refractivity contribution is 0.0834. The summed E-state index contributed by atoms with van der Waals surface area (Å²) in [6.45, 7) is 5.86. The molecular formula is C15H22ClNO2. The molecule has 0 bridgehead atoms. The summed E-state index contributed by atoms with van der Waals surface area (Å²) in [6, 6.07) is 4.29. The van der Waals surface area contributed by atoms with Crippen LogP contribution in [0.5, 0.6) is 5.75 Å². The van der Waals surface area contributed by atoms with Gasteiger partial charge >= 0.3 is 0 Å². The van der Waals surface area contributed by atoms with Gasteiger partial charge in [0.15, 0.2) is 0 Å². The van der Waals surface area contributed by atoms with Gasteiger partial charge in [-0.15, -0.1) is 0 Å². The van der Waals surface area contributed by atoms with Crippen LogP contribution in [0.3, 0.4) is 0 Å². The summed E-state index contributed by atoms with van der Waals surface area (Å²) < 4.78 is 11.2. The molecule has 1 heterocycles. The first-order chi connectivity index (χ1) is 9.15. The fourth-order valence-corrected chi connectivity index (χ4v) is 2.83. The average molecular weight is 284 g/mol. The van der Waals surface area contributed by atoms with E-state index in [4.69, 9.17) is 21.1 Å². The summed E-state index contributed by atoms with van der Waals surface area (Å²) in [7, 11) is 1.74. The van der Waals surface area contributed by atoms with Crippen molar-refractivity contribution >= 4 is 11.6 Å². The van der Waals surface area contributed by atoms with Crippen molar-refractivity contribution in [3.05, 3.63) is 28.3 Å². The number of hydrogen-bond donors (Lipinski definition) is 1. The van der Waals surface area contributed by atoms with E-state index in [1.54, 1.807) is 7.11 Å². The normalized spacial score (nSPS) is 16.8. The van der Waals surface area contributed by atoms with Crippen molar-refractivity contribution in [2.45, 2.75) is 38.8 Å². The molecule has 0 amide bonds. The fraction of sp³-hybridized carbons (Fsp3) is 0.600.